The standard InChI is InChI=1S/C13H25FN2O3S/c1-12(2,3)20(19)15-10(9-14)13(4)5-7-16(8-6-13)11(17)18/h10,15H,5-9H2,1-4H3,(H,17,18). The van der Waals surface area contributed by atoms with Gasteiger partial charge in [-0.3, -0.25) is 0 Å². The molecule has 118 valence electrons. The number of amides is 1. The lowest BCUT2D eigenvalue weighted by Gasteiger charge is -2.43. The summed E-state index contributed by atoms with van der Waals surface area (Å²) in [6.45, 7) is 7.62. The molecule has 20 heavy (non-hydrogen) atoms. The van der Waals surface area contributed by atoms with E-state index in [2.05, 4.69) is 4.72 Å². The third-order valence-corrected chi connectivity index (χ3v) is 5.59. The first-order valence-electron chi connectivity index (χ1n) is 6.82. The van der Waals surface area contributed by atoms with Crippen LogP contribution in [0.5, 0.6) is 0 Å². The van der Waals surface area contributed by atoms with Crippen LogP contribution in [0.3, 0.4) is 0 Å². The van der Waals surface area contributed by atoms with Gasteiger partial charge in [-0.1, -0.05) is 6.92 Å². The second-order valence-corrected chi connectivity index (χ2v) is 8.63. The normalized spacial score (nSPS) is 22.4. The lowest BCUT2D eigenvalue weighted by atomic mass is 9.75. The smallest absolute Gasteiger partial charge is 0.407 e. The van der Waals surface area contributed by atoms with Crippen molar-refractivity contribution in [3.8, 4) is 0 Å². The number of carbonyl (C=O) groups is 1. The van der Waals surface area contributed by atoms with E-state index in [1.807, 2.05) is 27.7 Å². The SMILES string of the molecule is CC1(C(CF)NS(=O)C(C)(C)C)CCN(C(=O)O)CC1. The van der Waals surface area contributed by atoms with E-state index in [0.717, 1.165) is 0 Å². The zero-order chi connectivity index (χ0) is 15.6. The minimum Gasteiger partial charge on any atom is -0.465 e. The largest absolute Gasteiger partial charge is 0.465 e. The van der Waals surface area contributed by atoms with Crippen molar-refractivity contribution in [1.29, 1.82) is 0 Å². The van der Waals surface area contributed by atoms with E-state index < -0.39 is 34.5 Å². The molecule has 1 aliphatic rings. The van der Waals surface area contributed by atoms with Crippen molar-refractivity contribution in [3.05, 3.63) is 0 Å². The number of likely N-dealkylation sites (tertiary alicyclic amines) is 1. The third kappa shape index (κ3) is 4.15. The summed E-state index contributed by atoms with van der Waals surface area (Å²) in [6.07, 6.45) is 0.208. The molecule has 2 unspecified atom stereocenters. The van der Waals surface area contributed by atoms with E-state index in [0.29, 0.717) is 25.9 Å². The highest BCUT2D eigenvalue weighted by atomic mass is 32.2. The van der Waals surface area contributed by atoms with Gasteiger partial charge in [0, 0.05) is 13.1 Å². The average Bonchev–Trinajstić information content (AvgIpc) is 2.34. The molecular weight excluding hydrogens is 283 g/mol. The second-order valence-electron chi connectivity index (χ2n) is 6.63. The fourth-order valence-electron chi connectivity index (χ4n) is 2.22. The maximum absolute atomic E-state index is 13.4. The fraction of sp³-hybridized carbons (Fsp3) is 0.923. The van der Waals surface area contributed by atoms with Crippen molar-refractivity contribution in [3.63, 3.8) is 0 Å². The van der Waals surface area contributed by atoms with Gasteiger partial charge in [-0.05, 0) is 39.0 Å². The molecule has 2 N–H and O–H groups in total. The van der Waals surface area contributed by atoms with E-state index in [9.17, 15) is 13.4 Å². The average molecular weight is 308 g/mol. The monoisotopic (exact) mass is 308 g/mol. The molecule has 5 nitrogen and oxygen atoms in total. The molecular formula is C13H25FN2O3S. The van der Waals surface area contributed by atoms with Crippen molar-refractivity contribution in [2.24, 2.45) is 5.41 Å². The highest BCUT2D eigenvalue weighted by Crippen LogP contribution is 2.35. The van der Waals surface area contributed by atoms with Gasteiger partial charge in [0.25, 0.3) is 0 Å². The fourth-order valence-corrected chi connectivity index (χ4v) is 3.18. The summed E-state index contributed by atoms with van der Waals surface area (Å²) < 4.78 is 27.9. The van der Waals surface area contributed by atoms with Gasteiger partial charge in [0.2, 0.25) is 0 Å². The molecule has 2 atom stereocenters. The van der Waals surface area contributed by atoms with Gasteiger partial charge in [0.1, 0.15) is 6.67 Å². The van der Waals surface area contributed by atoms with Crippen LogP contribution in [0.25, 0.3) is 0 Å². The summed E-state index contributed by atoms with van der Waals surface area (Å²) in [7, 11) is -1.33. The van der Waals surface area contributed by atoms with E-state index in [1.54, 1.807) is 0 Å². The van der Waals surface area contributed by atoms with Crippen LogP contribution >= 0.6 is 0 Å². The van der Waals surface area contributed by atoms with Crippen LogP contribution in [-0.4, -0.2) is 50.9 Å². The molecule has 0 bridgehead atoms. The van der Waals surface area contributed by atoms with Crippen molar-refractivity contribution in [1.82, 2.24) is 9.62 Å². The molecule has 1 rings (SSSR count). The number of halogens is 1. The summed E-state index contributed by atoms with van der Waals surface area (Å²) in [5.41, 5.74) is -0.373. The summed E-state index contributed by atoms with van der Waals surface area (Å²) >= 11 is 0. The van der Waals surface area contributed by atoms with E-state index in [-0.39, 0.29) is 5.41 Å². The summed E-state index contributed by atoms with van der Waals surface area (Å²) in [5, 5.41) is 8.94. The number of hydrogen-bond donors (Lipinski definition) is 2. The molecule has 0 radical (unpaired) electrons. The van der Waals surface area contributed by atoms with Crippen molar-refractivity contribution in [2.45, 2.75) is 51.3 Å². The Balaban J connectivity index is 2.70. The molecule has 0 saturated carbocycles. The summed E-state index contributed by atoms with van der Waals surface area (Å²) in [5.74, 6) is 0. The molecule has 0 aromatic carbocycles. The molecule has 1 saturated heterocycles. The Morgan fingerprint density at radius 2 is 1.95 bits per heavy atom. The molecule has 1 amide bonds. The zero-order valence-corrected chi connectivity index (χ0v) is 13.4. The predicted molar refractivity (Wildman–Crippen MR) is 77.7 cm³/mol. The quantitative estimate of drug-likeness (QED) is 0.836. The number of carboxylic acid groups (broad SMARTS) is 1. The Morgan fingerprint density at radius 1 is 1.45 bits per heavy atom. The van der Waals surface area contributed by atoms with E-state index in [4.69, 9.17) is 5.11 Å². The first kappa shape index (κ1) is 17.4. The van der Waals surface area contributed by atoms with Crippen LogP contribution < -0.4 is 4.72 Å². The zero-order valence-electron chi connectivity index (χ0n) is 12.6. The highest BCUT2D eigenvalue weighted by Gasteiger charge is 2.40. The topological polar surface area (TPSA) is 69.6 Å². The number of hydrogen-bond acceptors (Lipinski definition) is 2. The molecule has 0 aliphatic carbocycles. The minimum atomic E-state index is -1.33. The molecule has 0 spiro atoms. The maximum Gasteiger partial charge on any atom is 0.407 e. The lowest BCUT2D eigenvalue weighted by Crippen LogP contribution is -2.54. The summed E-state index contributed by atoms with van der Waals surface area (Å²) in [6, 6.07) is -0.515. The molecule has 1 heterocycles. The Bertz CT molecular complexity index is 376. The molecule has 1 fully saturated rings. The Kier molecular flexibility index (Phi) is 5.54. The minimum absolute atomic E-state index is 0.373. The van der Waals surface area contributed by atoms with E-state index in [1.165, 1.54) is 4.90 Å². The van der Waals surface area contributed by atoms with Gasteiger partial charge in [0.15, 0.2) is 0 Å². The van der Waals surface area contributed by atoms with Crippen molar-refractivity contribution in [2.75, 3.05) is 19.8 Å². The van der Waals surface area contributed by atoms with E-state index >= 15 is 0 Å². The molecule has 0 aromatic rings. The van der Waals surface area contributed by atoms with Crippen LogP contribution in [0.4, 0.5) is 9.18 Å². The Morgan fingerprint density at radius 3 is 2.30 bits per heavy atom. The number of rotatable bonds is 4. The maximum atomic E-state index is 13.4. The predicted octanol–water partition coefficient (Wildman–Crippen LogP) is 2.16. The Hall–Kier alpha value is -0.690. The van der Waals surface area contributed by atoms with Gasteiger partial charge in [0.05, 0.1) is 21.8 Å². The van der Waals surface area contributed by atoms with Crippen molar-refractivity contribution >= 4 is 17.1 Å². The van der Waals surface area contributed by atoms with Gasteiger partial charge in [-0.25, -0.2) is 18.1 Å². The number of nitrogens with one attached hydrogen (secondary N) is 1. The van der Waals surface area contributed by atoms with Gasteiger partial charge in [-0.15, -0.1) is 0 Å². The first-order valence-corrected chi connectivity index (χ1v) is 7.97. The molecule has 0 aromatic heterocycles. The number of alkyl halides is 1. The lowest BCUT2D eigenvalue weighted by molar-refractivity contribution is 0.0739. The van der Waals surface area contributed by atoms with Crippen LogP contribution in [0.1, 0.15) is 40.5 Å². The van der Waals surface area contributed by atoms with Crippen LogP contribution in [0.2, 0.25) is 0 Å². The van der Waals surface area contributed by atoms with Crippen LogP contribution in [0.15, 0.2) is 0 Å². The first-order chi connectivity index (χ1) is 9.10. The molecule has 7 heteroatoms. The summed E-state index contributed by atoms with van der Waals surface area (Å²) in [4.78, 5) is 12.2. The van der Waals surface area contributed by atoms with Crippen LogP contribution in [0, 0.1) is 5.41 Å². The second kappa shape index (κ2) is 6.39. The van der Waals surface area contributed by atoms with Crippen LogP contribution in [-0.2, 0) is 11.0 Å². The molecule has 1 aliphatic heterocycles. The number of piperidine rings is 1. The number of nitrogens with zero attached hydrogens (tertiary/aromatic N) is 1. The van der Waals surface area contributed by atoms with Gasteiger partial charge in [-0.2, -0.15) is 0 Å². The Labute approximate surface area is 122 Å². The van der Waals surface area contributed by atoms with Gasteiger partial charge < -0.3 is 10.0 Å². The highest BCUT2D eigenvalue weighted by molar-refractivity contribution is 7.84. The van der Waals surface area contributed by atoms with Gasteiger partial charge >= 0.3 is 6.09 Å². The van der Waals surface area contributed by atoms with Crippen molar-refractivity contribution < 1.29 is 18.5 Å². The third-order valence-electron chi connectivity index (χ3n) is 3.98.